The fourth-order valence-corrected chi connectivity index (χ4v) is 6.21. The Morgan fingerprint density at radius 3 is 2.45 bits per heavy atom. The van der Waals surface area contributed by atoms with Crippen LogP contribution < -0.4 is 24.4 Å². The first-order valence-corrected chi connectivity index (χ1v) is 14.9. The Morgan fingerprint density at radius 2 is 1.77 bits per heavy atom. The van der Waals surface area contributed by atoms with E-state index in [4.69, 9.17) is 21.7 Å². The van der Waals surface area contributed by atoms with Gasteiger partial charge in [0.2, 0.25) is 10.0 Å². The molecule has 2 atom stereocenters. The highest BCUT2D eigenvalue weighted by Crippen LogP contribution is 2.45. The zero-order chi connectivity index (χ0) is 28.6. The molecule has 2 aromatic heterocycles. The number of nitrogens with zero attached hydrogens (tertiary/aromatic N) is 3. The first kappa shape index (κ1) is 27.5. The smallest absolute Gasteiger partial charge is 0.229 e. The quantitative estimate of drug-likeness (QED) is 0.281. The number of benzene rings is 2. The number of sulfonamides is 1. The van der Waals surface area contributed by atoms with Gasteiger partial charge in [-0.05, 0) is 80.2 Å². The topological polar surface area (TPSA) is 97.7 Å². The molecule has 1 aliphatic heterocycles. The van der Waals surface area contributed by atoms with Crippen molar-refractivity contribution in [3.63, 3.8) is 0 Å². The molecule has 0 unspecified atom stereocenters. The number of pyridine rings is 1. The minimum absolute atomic E-state index is 0.263. The van der Waals surface area contributed by atoms with Crippen LogP contribution in [-0.2, 0) is 10.0 Å². The fourth-order valence-electron chi connectivity index (χ4n) is 5.31. The van der Waals surface area contributed by atoms with Crippen molar-refractivity contribution in [2.75, 3.05) is 30.1 Å². The summed E-state index contributed by atoms with van der Waals surface area (Å²) in [5.74, 6) is 1.17. The summed E-state index contributed by atoms with van der Waals surface area (Å²) in [7, 11) is -0.396. The zero-order valence-corrected chi connectivity index (χ0v) is 24.5. The van der Waals surface area contributed by atoms with Gasteiger partial charge in [-0.15, -0.1) is 0 Å². The van der Waals surface area contributed by atoms with Crippen molar-refractivity contribution >= 4 is 38.7 Å². The number of thiocarbonyl (C=S) groups is 1. The van der Waals surface area contributed by atoms with Crippen molar-refractivity contribution in [2.24, 2.45) is 0 Å². The zero-order valence-electron chi connectivity index (χ0n) is 22.9. The summed E-state index contributed by atoms with van der Waals surface area (Å²) < 4.78 is 39.9. The molecule has 0 amide bonds. The molecule has 1 aliphatic rings. The Labute approximate surface area is 239 Å². The Hall–Kier alpha value is -4.09. The first-order chi connectivity index (χ1) is 19.1. The van der Waals surface area contributed by atoms with Crippen LogP contribution in [0.2, 0.25) is 0 Å². The highest BCUT2D eigenvalue weighted by atomic mass is 32.2. The SMILES string of the molecule is COc1cccc(-n2c(C)cc([C@@H]3[C@@H](c4ccccn4)NC(=S)N3c3ccc(OC)c(NS(C)(=O)=O)c3)c2C)c1. The number of nitrogens with one attached hydrogen (secondary N) is 2. The molecule has 208 valence electrons. The first-order valence-electron chi connectivity index (χ1n) is 12.6. The number of methoxy groups -OCH3 is 2. The van der Waals surface area contributed by atoms with Crippen molar-refractivity contribution in [1.82, 2.24) is 14.9 Å². The van der Waals surface area contributed by atoms with Crippen LogP contribution in [0.5, 0.6) is 11.5 Å². The molecule has 2 N–H and O–H groups in total. The molecule has 1 saturated heterocycles. The second kappa shape index (κ2) is 10.8. The third-order valence-electron chi connectivity index (χ3n) is 6.96. The van der Waals surface area contributed by atoms with E-state index < -0.39 is 10.0 Å². The molecule has 0 radical (unpaired) electrons. The van der Waals surface area contributed by atoms with E-state index in [1.807, 2.05) is 53.4 Å². The molecule has 0 saturated carbocycles. The lowest BCUT2D eigenvalue weighted by atomic mass is 9.96. The Morgan fingerprint density at radius 1 is 0.975 bits per heavy atom. The van der Waals surface area contributed by atoms with Gasteiger partial charge in [0.15, 0.2) is 5.11 Å². The van der Waals surface area contributed by atoms with Gasteiger partial charge in [0.25, 0.3) is 0 Å². The summed E-state index contributed by atoms with van der Waals surface area (Å²) in [5, 5.41) is 3.98. The minimum atomic E-state index is -3.55. The van der Waals surface area contributed by atoms with Gasteiger partial charge in [0.05, 0.1) is 43.9 Å². The normalized spacial score (nSPS) is 17.0. The van der Waals surface area contributed by atoms with Crippen molar-refractivity contribution in [3.8, 4) is 17.2 Å². The molecule has 0 aliphatic carbocycles. The van der Waals surface area contributed by atoms with Gasteiger partial charge in [-0.3, -0.25) is 9.71 Å². The molecule has 40 heavy (non-hydrogen) atoms. The van der Waals surface area contributed by atoms with E-state index in [2.05, 4.69) is 39.5 Å². The summed E-state index contributed by atoms with van der Waals surface area (Å²) in [4.78, 5) is 6.66. The van der Waals surface area contributed by atoms with Crippen LogP contribution in [0, 0.1) is 13.8 Å². The van der Waals surface area contributed by atoms with Gasteiger partial charge in [0, 0.05) is 35.0 Å². The average molecular weight is 578 g/mol. The summed E-state index contributed by atoms with van der Waals surface area (Å²) in [6.07, 6.45) is 2.87. The van der Waals surface area contributed by atoms with E-state index in [-0.39, 0.29) is 12.1 Å². The molecule has 4 aromatic rings. The molecule has 0 bridgehead atoms. The Balaban J connectivity index is 1.68. The molecule has 9 nitrogen and oxygen atoms in total. The van der Waals surface area contributed by atoms with Crippen molar-refractivity contribution in [2.45, 2.75) is 25.9 Å². The second-order valence-electron chi connectivity index (χ2n) is 9.62. The van der Waals surface area contributed by atoms with E-state index in [0.717, 1.165) is 40.3 Å². The number of anilines is 2. The Bertz CT molecular complexity index is 1670. The maximum atomic E-state index is 12.1. The minimum Gasteiger partial charge on any atom is -0.497 e. The summed E-state index contributed by atoms with van der Waals surface area (Å²) in [5.41, 5.74) is 6.00. The van der Waals surface area contributed by atoms with Crippen LogP contribution in [0.1, 0.15) is 34.7 Å². The van der Waals surface area contributed by atoms with Crippen LogP contribution in [0.25, 0.3) is 5.69 Å². The van der Waals surface area contributed by atoms with E-state index >= 15 is 0 Å². The molecule has 11 heteroatoms. The van der Waals surface area contributed by atoms with Crippen LogP contribution in [-0.4, -0.2) is 43.6 Å². The maximum Gasteiger partial charge on any atom is 0.229 e. The molecule has 3 heterocycles. The molecule has 1 fully saturated rings. The van der Waals surface area contributed by atoms with Gasteiger partial charge in [-0.1, -0.05) is 12.1 Å². The van der Waals surface area contributed by atoms with Gasteiger partial charge < -0.3 is 24.3 Å². The summed E-state index contributed by atoms with van der Waals surface area (Å²) in [6, 6.07) is 20.7. The lowest BCUT2D eigenvalue weighted by Crippen LogP contribution is -2.29. The van der Waals surface area contributed by atoms with Gasteiger partial charge in [-0.2, -0.15) is 0 Å². The van der Waals surface area contributed by atoms with Crippen LogP contribution in [0.4, 0.5) is 11.4 Å². The molecule has 0 spiro atoms. The summed E-state index contributed by atoms with van der Waals surface area (Å²) in [6.45, 7) is 4.15. The largest absolute Gasteiger partial charge is 0.497 e. The number of hydrogen-bond acceptors (Lipinski definition) is 6. The van der Waals surface area contributed by atoms with E-state index in [0.29, 0.717) is 22.2 Å². The number of aryl methyl sites for hydroxylation is 1. The summed E-state index contributed by atoms with van der Waals surface area (Å²) >= 11 is 5.89. The second-order valence-corrected chi connectivity index (χ2v) is 11.8. The molecule has 5 rings (SSSR count). The lowest BCUT2D eigenvalue weighted by Gasteiger charge is -2.29. The lowest BCUT2D eigenvalue weighted by molar-refractivity contribution is 0.414. The molecule has 2 aromatic carbocycles. The van der Waals surface area contributed by atoms with Crippen molar-refractivity contribution in [3.05, 3.63) is 95.6 Å². The Kier molecular flexibility index (Phi) is 7.43. The van der Waals surface area contributed by atoms with Crippen molar-refractivity contribution < 1.29 is 17.9 Å². The monoisotopic (exact) mass is 577 g/mol. The predicted molar refractivity (Wildman–Crippen MR) is 161 cm³/mol. The fraction of sp³-hybridized carbons (Fsp3) is 0.241. The standard InChI is InChI=1S/C29H31N5O4S2/c1-18-15-23(19(2)33(18)20-9-8-10-22(16-20)37-3)28-27(24-11-6-7-14-30-24)31-29(39)34(28)21-12-13-26(38-4)25(17-21)32-40(5,35)36/h6-17,27-28,32H,1-5H3,(H,31,39)/t27-,28-/m1/s1. The number of hydrogen-bond donors (Lipinski definition) is 2. The highest BCUT2D eigenvalue weighted by Gasteiger charge is 2.42. The van der Waals surface area contributed by atoms with E-state index in [9.17, 15) is 8.42 Å². The highest BCUT2D eigenvalue weighted by molar-refractivity contribution is 7.92. The van der Waals surface area contributed by atoms with Gasteiger partial charge in [-0.25, -0.2) is 8.42 Å². The van der Waals surface area contributed by atoms with Crippen molar-refractivity contribution in [1.29, 1.82) is 0 Å². The maximum absolute atomic E-state index is 12.1. The van der Waals surface area contributed by atoms with Crippen LogP contribution >= 0.6 is 12.2 Å². The average Bonchev–Trinajstić information content (AvgIpc) is 3.43. The van der Waals surface area contributed by atoms with Crippen LogP contribution in [0.3, 0.4) is 0 Å². The number of ether oxygens (including phenoxy) is 2. The number of aromatic nitrogens is 2. The van der Waals surface area contributed by atoms with Gasteiger partial charge >= 0.3 is 0 Å². The van der Waals surface area contributed by atoms with Gasteiger partial charge in [0.1, 0.15) is 11.5 Å². The van der Waals surface area contributed by atoms with E-state index in [1.165, 1.54) is 7.11 Å². The predicted octanol–water partition coefficient (Wildman–Crippen LogP) is 5.05. The molecular formula is C29H31N5O4S2. The third-order valence-corrected chi connectivity index (χ3v) is 7.86. The number of rotatable bonds is 8. The molecular weight excluding hydrogens is 546 g/mol. The third kappa shape index (κ3) is 5.22. The van der Waals surface area contributed by atoms with Crippen LogP contribution in [0.15, 0.2) is 72.9 Å². The van der Waals surface area contributed by atoms with E-state index in [1.54, 1.807) is 25.4 Å².